The van der Waals surface area contributed by atoms with Crippen molar-refractivity contribution in [1.82, 2.24) is 20.0 Å². The van der Waals surface area contributed by atoms with Crippen LogP contribution in [0.3, 0.4) is 0 Å². The molecule has 7 heteroatoms. The van der Waals surface area contributed by atoms with E-state index in [1.807, 2.05) is 30.3 Å². The van der Waals surface area contributed by atoms with Gasteiger partial charge < -0.3 is 10.2 Å². The summed E-state index contributed by atoms with van der Waals surface area (Å²) in [6.07, 6.45) is 3.17. The van der Waals surface area contributed by atoms with E-state index in [0.29, 0.717) is 16.8 Å². The summed E-state index contributed by atoms with van der Waals surface area (Å²) in [4.78, 5) is 20.2. The summed E-state index contributed by atoms with van der Waals surface area (Å²) in [6.45, 7) is 6.22. The van der Waals surface area contributed by atoms with Crippen molar-refractivity contribution in [3.63, 3.8) is 0 Å². The molecule has 0 saturated heterocycles. The van der Waals surface area contributed by atoms with Gasteiger partial charge in [-0.15, -0.1) is 10.2 Å². The van der Waals surface area contributed by atoms with Gasteiger partial charge in [-0.2, -0.15) is 4.80 Å². The topological polar surface area (TPSA) is 75.9 Å². The Bertz CT molecular complexity index is 1120. The van der Waals surface area contributed by atoms with Crippen LogP contribution in [0, 0.1) is 0 Å². The number of carbonyl (C=O) groups is 1. The first kappa shape index (κ1) is 18.6. The second-order valence-electron chi connectivity index (χ2n) is 6.58. The van der Waals surface area contributed by atoms with Crippen LogP contribution in [0.15, 0.2) is 67.0 Å². The highest BCUT2D eigenvalue weighted by Crippen LogP contribution is 2.20. The van der Waals surface area contributed by atoms with Gasteiger partial charge >= 0.3 is 0 Å². The largest absolute Gasteiger partial charge is 0.372 e. The van der Waals surface area contributed by atoms with Crippen molar-refractivity contribution in [2.24, 2.45) is 0 Å². The predicted molar refractivity (Wildman–Crippen MR) is 115 cm³/mol. The molecule has 0 saturated carbocycles. The Morgan fingerprint density at radius 2 is 1.76 bits per heavy atom. The first-order valence-electron chi connectivity index (χ1n) is 9.62. The Hall–Kier alpha value is -3.74. The number of hydrogen-bond acceptors (Lipinski definition) is 5. The van der Waals surface area contributed by atoms with E-state index in [4.69, 9.17) is 0 Å². The second kappa shape index (κ2) is 8.10. The van der Waals surface area contributed by atoms with E-state index in [1.54, 1.807) is 23.1 Å². The average molecular weight is 386 g/mol. The lowest BCUT2D eigenvalue weighted by atomic mass is 10.2. The third kappa shape index (κ3) is 3.94. The maximum Gasteiger partial charge on any atom is 0.257 e. The van der Waals surface area contributed by atoms with Gasteiger partial charge in [0.15, 0.2) is 0 Å². The molecule has 0 aliphatic carbocycles. The molecule has 0 fully saturated rings. The van der Waals surface area contributed by atoms with Gasteiger partial charge in [0.1, 0.15) is 11.0 Å². The smallest absolute Gasteiger partial charge is 0.257 e. The highest BCUT2D eigenvalue weighted by molar-refractivity contribution is 6.04. The van der Waals surface area contributed by atoms with E-state index < -0.39 is 0 Å². The monoisotopic (exact) mass is 386 g/mol. The van der Waals surface area contributed by atoms with Gasteiger partial charge in [0.2, 0.25) is 0 Å². The minimum atomic E-state index is -0.211. The lowest BCUT2D eigenvalue weighted by molar-refractivity contribution is 0.102. The first-order valence-corrected chi connectivity index (χ1v) is 9.62. The van der Waals surface area contributed by atoms with E-state index in [2.05, 4.69) is 51.4 Å². The third-order valence-electron chi connectivity index (χ3n) is 4.77. The van der Waals surface area contributed by atoms with Gasteiger partial charge in [0.05, 0.1) is 11.3 Å². The summed E-state index contributed by atoms with van der Waals surface area (Å²) in [6, 6.07) is 17.1. The Morgan fingerprint density at radius 3 is 2.45 bits per heavy atom. The normalized spacial score (nSPS) is 10.8. The fraction of sp³-hybridized carbons (Fsp3) is 0.182. The number of aromatic nitrogens is 4. The van der Waals surface area contributed by atoms with Gasteiger partial charge in [-0.05, 0) is 68.4 Å². The molecule has 29 heavy (non-hydrogen) atoms. The van der Waals surface area contributed by atoms with E-state index in [9.17, 15) is 4.79 Å². The lowest BCUT2D eigenvalue weighted by Gasteiger charge is -2.20. The van der Waals surface area contributed by atoms with Gasteiger partial charge in [0, 0.05) is 36.9 Å². The molecular formula is C22H22N6O. The highest BCUT2D eigenvalue weighted by atomic mass is 16.1. The fourth-order valence-corrected chi connectivity index (χ4v) is 3.19. The van der Waals surface area contributed by atoms with Crippen LogP contribution in [0.5, 0.6) is 0 Å². The quantitative estimate of drug-likeness (QED) is 0.544. The molecule has 0 bridgehead atoms. The van der Waals surface area contributed by atoms with Crippen LogP contribution in [0.25, 0.3) is 16.7 Å². The maximum atomic E-state index is 12.3. The molecule has 2 aromatic heterocycles. The molecule has 1 amide bonds. The molecule has 7 nitrogen and oxygen atoms in total. The molecule has 1 N–H and O–H groups in total. The van der Waals surface area contributed by atoms with E-state index in [-0.39, 0.29) is 5.91 Å². The van der Waals surface area contributed by atoms with E-state index in [0.717, 1.165) is 24.3 Å². The Morgan fingerprint density at radius 1 is 1.00 bits per heavy atom. The second-order valence-corrected chi connectivity index (χ2v) is 6.58. The van der Waals surface area contributed by atoms with Gasteiger partial charge in [-0.25, -0.2) is 0 Å². The summed E-state index contributed by atoms with van der Waals surface area (Å²) >= 11 is 0. The van der Waals surface area contributed by atoms with Crippen LogP contribution in [0.2, 0.25) is 0 Å². The zero-order valence-corrected chi connectivity index (χ0v) is 16.4. The average Bonchev–Trinajstić information content (AvgIpc) is 3.19. The van der Waals surface area contributed by atoms with Crippen LogP contribution < -0.4 is 10.2 Å². The number of hydrogen-bond donors (Lipinski definition) is 1. The molecular weight excluding hydrogens is 364 g/mol. The molecule has 0 spiro atoms. The Labute approximate surface area is 169 Å². The number of benzene rings is 2. The zero-order chi connectivity index (χ0) is 20.2. The van der Waals surface area contributed by atoms with Crippen LogP contribution in [0.4, 0.5) is 11.4 Å². The van der Waals surface area contributed by atoms with Crippen LogP contribution in [-0.2, 0) is 0 Å². The predicted octanol–water partition coefficient (Wildman–Crippen LogP) is 3.91. The van der Waals surface area contributed by atoms with Crippen molar-refractivity contribution >= 4 is 28.3 Å². The number of amides is 1. The molecule has 2 aromatic carbocycles. The SMILES string of the molecule is CCN(CC)c1ccc(-n2nc3ccc(NC(=O)c4cccnc4)cc3n2)cc1. The molecule has 4 aromatic rings. The van der Waals surface area contributed by atoms with Crippen molar-refractivity contribution < 1.29 is 4.79 Å². The number of nitrogens with one attached hydrogen (secondary N) is 1. The van der Waals surface area contributed by atoms with Crippen molar-refractivity contribution in [2.75, 3.05) is 23.3 Å². The number of rotatable bonds is 6. The minimum Gasteiger partial charge on any atom is -0.372 e. The molecule has 4 rings (SSSR count). The molecule has 2 heterocycles. The maximum absolute atomic E-state index is 12.3. The number of fused-ring (bicyclic) bond motifs is 1. The number of anilines is 2. The lowest BCUT2D eigenvalue weighted by Crippen LogP contribution is -2.21. The number of carbonyl (C=O) groups excluding carboxylic acids is 1. The molecule has 146 valence electrons. The molecule has 0 atom stereocenters. The van der Waals surface area contributed by atoms with Crippen LogP contribution >= 0.6 is 0 Å². The zero-order valence-electron chi connectivity index (χ0n) is 16.4. The Balaban J connectivity index is 1.56. The molecule has 0 aliphatic rings. The molecule has 0 aliphatic heterocycles. The van der Waals surface area contributed by atoms with Crippen molar-refractivity contribution in [3.8, 4) is 5.69 Å². The van der Waals surface area contributed by atoms with Gasteiger partial charge in [0.25, 0.3) is 5.91 Å². The standard InChI is InChI=1S/C22H22N6O/c1-3-27(4-2)18-8-10-19(11-9-18)28-25-20-12-7-17(14-21(20)26-28)24-22(29)16-6-5-13-23-15-16/h5-15H,3-4H2,1-2H3,(H,24,29). The van der Waals surface area contributed by atoms with Crippen LogP contribution in [0.1, 0.15) is 24.2 Å². The van der Waals surface area contributed by atoms with Crippen molar-refractivity contribution in [1.29, 1.82) is 0 Å². The van der Waals surface area contributed by atoms with Crippen molar-refractivity contribution in [2.45, 2.75) is 13.8 Å². The Kier molecular flexibility index (Phi) is 5.20. The third-order valence-corrected chi connectivity index (χ3v) is 4.77. The number of nitrogens with zero attached hydrogens (tertiary/aromatic N) is 5. The van der Waals surface area contributed by atoms with Crippen molar-refractivity contribution in [3.05, 3.63) is 72.6 Å². The molecule has 0 radical (unpaired) electrons. The molecule has 0 unspecified atom stereocenters. The number of pyridine rings is 1. The van der Waals surface area contributed by atoms with E-state index in [1.165, 1.54) is 11.9 Å². The van der Waals surface area contributed by atoms with Gasteiger partial charge in [-0.1, -0.05) is 0 Å². The summed E-state index contributed by atoms with van der Waals surface area (Å²) in [7, 11) is 0. The minimum absolute atomic E-state index is 0.211. The summed E-state index contributed by atoms with van der Waals surface area (Å²) < 4.78 is 0. The summed E-state index contributed by atoms with van der Waals surface area (Å²) in [5.41, 5.74) is 4.70. The first-order chi connectivity index (χ1) is 14.2. The fourth-order valence-electron chi connectivity index (χ4n) is 3.19. The van der Waals surface area contributed by atoms with E-state index >= 15 is 0 Å². The van der Waals surface area contributed by atoms with Crippen LogP contribution in [-0.4, -0.2) is 39.0 Å². The summed E-state index contributed by atoms with van der Waals surface area (Å²) in [5.74, 6) is -0.211. The summed E-state index contributed by atoms with van der Waals surface area (Å²) in [5, 5.41) is 12.0. The van der Waals surface area contributed by atoms with Gasteiger partial charge in [-0.3, -0.25) is 9.78 Å². The highest BCUT2D eigenvalue weighted by Gasteiger charge is 2.10.